The first-order valence-corrected chi connectivity index (χ1v) is 18.3. The normalized spacial score (nSPS) is 16.2. The Balaban J connectivity index is 0.000000175. The fraction of sp³-hybridized carbons (Fsp3) is 0.257. The number of nitrogens with zero attached hydrogens (tertiary/aromatic N) is 6. The smallest absolute Gasteiger partial charge is 0.259 e. The predicted octanol–water partition coefficient (Wildman–Crippen LogP) is 5.42. The van der Waals surface area contributed by atoms with Crippen molar-refractivity contribution in [3.05, 3.63) is 104 Å². The van der Waals surface area contributed by atoms with Crippen LogP contribution < -0.4 is 16.4 Å². The van der Waals surface area contributed by atoms with E-state index in [1.807, 2.05) is 18.2 Å². The number of fused-ring (bicyclic) bond motifs is 2. The zero-order valence-electron chi connectivity index (χ0n) is 27.3. The summed E-state index contributed by atoms with van der Waals surface area (Å²) in [5, 5.41) is 15.0. The molecule has 15 heteroatoms. The molecule has 1 aliphatic rings. The average Bonchev–Trinajstić information content (AvgIpc) is 3.09. The Hall–Kier alpha value is -4.69. The highest BCUT2D eigenvalue weighted by molar-refractivity contribution is 7.90. The third-order valence-corrected chi connectivity index (χ3v) is 10.1. The second-order valence-corrected chi connectivity index (χ2v) is 14.9. The van der Waals surface area contributed by atoms with E-state index in [1.165, 1.54) is 22.4 Å². The van der Waals surface area contributed by atoms with Crippen LogP contribution in [0.1, 0.15) is 25.7 Å². The van der Waals surface area contributed by atoms with Gasteiger partial charge in [-0.05, 0) is 49.9 Å². The highest BCUT2D eigenvalue weighted by atomic mass is 35.5. The third-order valence-electron chi connectivity index (χ3n) is 8.56. The number of pyridine rings is 2. The molecule has 0 spiro atoms. The molecule has 258 valence electrons. The van der Waals surface area contributed by atoms with E-state index in [0.717, 1.165) is 37.3 Å². The van der Waals surface area contributed by atoms with Gasteiger partial charge in [-0.1, -0.05) is 59.6 Å². The molecule has 0 amide bonds. The van der Waals surface area contributed by atoms with Crippen LogP contribution in [0.4, 0.5) is 5.95 Å². The van der Waals surface area contributed by atoms with Crippen molar-refractivity contribution in [2.75, 3.05) is 11.6 Å². The summed E-state index contributed by atoms with van der Waals surface area (Å²) in [5.74, 6) is 0.504. The molecule has 4 heterocycles. The summed E-state index contributed by atoms with van der Waals surface area (Å²) < 4.78 is 26.0. The minimum absolute atomic E-state index is 0.152. The van der Waals surface area contributed by atoms with Crippen LogP contribution in [0, 0.1) is 0 Å². The van der Waals surface area contributed by atoms with Gasteiger partial charge >= 0.3 is 0 Å². The van der Waals surface area contributed by atoms with Crippen molar-refractivity contribution < 1.29 is 13.5 Å². The molecule has 1 aliphatic carbocycles. The number of hydrogen-bond acceptors (Lipinski definition) is 10. The fourth-order valence-corrected chi connectivity index (χ4v) is 6.85. The van der Waals surface area contributed by atoms with Gasteiger partial charge in [0.2, 0.25) is 20.9 Å². The number of sulfone groups is 1. The summed E-state index contributed by atoms with van der Waals surface area (Å²) in [6.45, 7) is 0. The standard InChI is InChI=1S/C20H21ClN4O2.C15H12ClN3O3S/c1-25-18-12(10-16(19(25)27)15-4-2-3-5-17(15)21)11-22-20(24-18)23-13-6-8-14(26)9-7-13;1-19-13-9(8-17-15(18-13)23(2,21)22)7-11(14(19)20)10-5-3-4-6-12(10)16/h2-5,10-11,13-14,26H,6-9H2,1H3,(H,22,23,24);3-8H,1-2H3. The molecule has 6 aromatic rings. The third kappa shape index (κ3) is 7.26. The van der Waals surface area contributed by atoms with E-state index in [4.69, 9.17) is 23.2 Å². The van der Waals surface area contributed by atoms with E-state index in [2.05, 4.69) is 25.3 Å². The monoisotopic (exact) mass is 733 g/mol. The average molecular weight is 735 g/mol. The molecule has 1 fully saturated rings. The number of nitrogens with one attached hydrogen (secondary N) is 1. The molecule has 0 saturated heterocycles. The first-order chi connectivity index (χ1) is 23.8. The van der Waals surface area contributed by atoms with Crippen molar-refractivity contribution in [1.29, 1.82) is 0 Å². The van der Waals surface area contributed by atoms with Gasteiger partial charge < -0.3 is 10.4 Å². The summed E-state index contributed by atoms with van der Waals surface area (Å²) in [5.41, 5.74) is 2.59. The minimum Gasteiger partial charge on any atom is -0.393 e. The largest absolute Gasteiger partial charge is 0.393 e. The number of hydrogen-bond donors (Lipinski definition) is 2. The Bertz CT molecular complexity index is 2480. The number of aryl methyl sites for hydroxylation is 2. The second kappa shape index (κ2) is 14.3. The number of halogens is 2. The van der Waals surface area contributed by atoms with Gasteiger partial charge in [-0.3, -0.25) is 18.7 Å². The van der Waals surface area contributed by atoms with Gasteiger partial charge in [-0.25, -0.2) is 18.4 Å². The molecule has 0 aliphatic heterocycles. The summed E-state index contributed by atoms with van der Waals surface area (Å²) in [6.07, 6.45) is 7.26. The van der Waals surface area contributed by atoms with Crippen LogP contribution in [0.5, 0.6) is 0 Å². The number of anilines is 1. The zero-order valence-corrected chi connectivity index (χ0v) is 29.7. The number of aliphatic hydroxyl groups excluding tert-OH is 1. The molecule has 7 rings (SSSR count). The molecule has 2 aromatic carbocycles. The van der Waals surface area contributed by atoms with Crippen LogP contribution in [-0.4, -0.2) is 61.0 Å². The van der Waals surface area contributed by atoms with Crippen molar-refractivity contribution in [3.63, 3.8) is 0 Å². The van der Waals surface area contributed by atoms with Gasteiger partial charge in [0, 0.05) is 81.9 Å². The Labute approximate surface area is 297 Å². The van der Waals surface area contributed by atoms with Gasteiger partial charge in [0.05, 0.1) is 6.10 Å². The van der Waals surface area contributed by atoms with Crippen LogP contribution in [-0.2, 0) is 23.9 Å². The maximum Gasteiger partial charge on any atom is 0.259 e. The van der Waals surface area contributed by atoms with Crippen molar-refractivity contribution in [3.8, 4) is 22.3 Å². The van der Waals surface area contributed by atoms with Crippen LogP contribution in [0.25, 0.3) is 44.3 Å². The molecular weight excluding hydrogens is 701 g/mol. The summed E-state index contributed by atoms with van der Waals surface area (Å²) in [7, 11) is -0.313. The van der Waals surface area contributed by atoms with Gasteiger partial charge in [-0.2, -0.15) is 9.97 Å². The van der Waals surface area contributed by atoms with Crippen molar-refractivity contribution in [1.82, 2.24) is 29.1 Å². The second-order valence-electron chi connectivity index (χ2n) is 12.1. The molecule has 1 saturated carbocycles. The lowest BCUT2D eigenvalue weighted by Gasteiger charge is -2.26. The molecule has 2 N–H and O–H groups in total. The van der Waals surface area contributed by atoms with E-state index in [0.29, 0.717) is 49.3 Å². The maximum atomic E-state index is 12.9. The van der Waals surface area contributed by atoms with Crippen LogP contribution in [0.2, 0.25) is 10.0 Å². The number of aromatic nitrogens is 6. The summed E-state index contributed by atoms with van der Waals surface area (Å²) >= 11 is 12.4. The van der Waals surface area contributed by atoms with Crippen molar-refractivity contribution in [2.24, 2.45) is 14.1 Å². The fourth-order valence-electron chi connectivity index (χ4n) is 5.87. The minimum atomic E-state index is -3.55. The number of rotatable bonds is 5. The summed E-state index contributed by atoms with van der Waals surface area (Å²) in [4.78, 5) is 42.3. The lowest BCUT2D eigenvalue weighted by Crippen LogP contribution is -2.29. The van der Waals surface area contributed by atoms with Crippen molar-refractivity contribution in [2.45, 2.75) is 43.0 Å². The first-order valence-electron chi connectivity index (χ1n) is 15.7. The highest BCUT2D eigenvalue weighted by Crippen LogP contribution is 2.29. The van der Waals surface area contributed by atoms with Gasteiger partial charge in [0.25, 0.3) is 11.1 Å². The van der Waals surface area contributed by atoms with Crippen molar-refractivity contribution >= 4 is 61.1 Å². The number of benzene rings is 2. The molecule has 0 bridgehead atoms. The molecule has 0 radical (unpaired) electrons. The molecule has 0 unspecified atom stereocenters. The van der Waals surface area contributed by atoms with E-state index >= 15 is 0 Å². The molecule has 0 atom stereocenters. The van der Waals surface area contributed by atoms with E-state index in [1.54, 1.807) is 55.7 Å². The van der Waals surface area contributed by atoms with Crippen LogP contribution in [0.15, 0.2) is 87.8 Å². The van der Waals surface area contributed by atoms with E-state index < -0.39 is 9.84 Å². The zero-order chi connectivity index (χ0) is 35.7. The highest BCUT2D eigenvalue weighted by Gasteiger charge is 2.21. The molecule has 12 nitrogen and oxygen atoms in total. The summed E-state index contributed by atoms with van der Waals surface area (Å²) in [6, 6.07) is 17.9. The maximum absolute atomic E-state index is 12.9. The lowest BCUT2D eigenvalue weighted by molar-refractivity contribution is 0.126. The molecule has 50 heavy (non-hydrogen) atoms. The van der Waals surface area contributed by atoms with Gasteiger partial charge in [0.15, 0.2) is 0 Å². The Kier molecular flexibility index (Phi) is 10.0. The van der Waals surface area contributed by atoms with Crippen LogP contribution in [0.3, 0.4) is 0 Å². The Morgan fingerprint density at radius 1 is 0.740 bits per heavy atom. The van der Waals surface area contributed by atoms with E-state index in [-0.39, 0.29) is 34.1 Å². The molecule has 4 aromatic heterocycles. The lowest BCUT2D eigenvalue weighted by atomic mass is 9.93. The van der Waals surface area contributed by atoms with Crippen LogP contribution >= 0.6 is 23.2 Å². The topological polar surface area (TPSA) is 162 Å². The predicted molar refractivity (Wildman–Crippen MR) is 195 cm³/mol. The SMILES string of the molecule is Cn1c(=O)c(-c2ccccc2Cl)cc2cnc(NC3CCC(O)CC3)nc21.Cn1c(=O)c(-c2ccccc2Cl)cc2cnc(S(C)(=O)=O)nc21. The Morgan fingerprint density at radius 2 is 1.22 bits per heavy atom. The first kappa shape index (κ1) is 35.1. The van der Waals surface area contributed by atoms with Gasteiger partial charge in [0.1, 0.15) is 11.3 Å². The Morgan fingerprint density at radius 3 is 1.72 bits per heavy atom. The number of aliphatic hydroxyl groups is 1. The quantitative estimate of drug-likeness (QED) is 0.219. The molecular formula is C35H33Cl2N7O5S. The van der Waals surface area contributed by atoms with E-state index in [9.17, 15) is 23.1 Å². The van der Waals surface area contributed by atoms with Gasteiger partial charge in [-0.15, -0.1) is 0 Å².